The number of ketones is 1. The van der Waals surface area contributed by atoms with E-state index >= 15 is 0 Å². The summed E-state index contributed by atoms with van der Waals surface area (Å²) in [7, 11) is 6.21. The van der Waals surface area contributed by atoms with E-state index in [1.807, 2.05) is 6.07 Å². The van der Waals surface area contributed by atoms with E-state index in [0.717, 1.165) is 5.56 Å². The summed E-state index contributed by atoms with van der Waals surface area (Å²) in [6, 6.07) is 8.74. The molecule has 0 aromatic heterocycles. The molecule has 0 N–H and O–H groups in total. The van der Waals surface area contributed by atoms with Crippen LogP contribution in [0.2, 0.25) is 0 Å². The van der Waals surface area contributed by atoms with Crippen molar-refractivity contribution in [1.29, 1.82) is 0 Å². The van der Waals surface area contributed by atoms with Gasteiger partial charge >= 0.3 is 0 Å². The molecule has 1 aliphatic rings. The van der Waals surface area contributed by atoms with Gasteiger partial charge in [-0.1, -0.05) is 6.07 Å². The van der Waals surface area contributed by atoms with E-state index in [-0.39, 0.29) is 12.4 Å². The molecule has 3 rings (SSSR count). The van der Waals surface area contributed by atoms with Crippen LogP contribution in [0, 0.1) is 0 Å². The molecule has 1 atom stereocenters. The second-order valence-electron chi connectivity index (χ2n) is 5.54. The van der Waals surface area contributed by atoms with Crippen LogP contribution in [-0.2, 0) is 0 Å². The van der Waals surface area contributed by atoms with Crippen molar-refractivity contribution in [3.63, 3.8) is 0 Å². The number of carbonyl (C=O) groups excluding carboxylic acids is 1. The van der Waals surface area contributed by atoms with Gasteiger partial charge in [-0.05, 0) is 6.07 Å². The zero-order chi connectivity index (χ0) is 18.0. The topological polar surface area (TPSA) is 63.2 Å². The number of rotatable bonds is 5. The van der Waals surface area contributed by atoms with E-state index in [0.29, 0.717) is 34.3 Å². The van der Waals surface area contributed by atoms with Crippen molar-refractivity contribution < 1.29 is 28.5 Å². The molecule has 0 bridgehead atoms. The highest BCUT2D eigenvalue weighted by atomic mass is 16.5. The van der Waals surface area contributed by atoms with Gasteiger partial charge in [0.1, 0.15) is 40.9 Å². The third-order valence-electron chi connectivity index (χ3n) is 4.28. The number of hydrogen-bond acceptors (Lipinski definition) is 6. The van der Waals surface area contributed by atoms with Gasteiger partial charge in [0, 0.05) is 23.8 Å². The minimum atomic E-state index is -0.490. The van der Waals surface area contributed by atoms with Crippen LogP contribution in [-0.4, -0.2) is 40.8 Å². The maximum absolute atomic E-state index is 13.1. The van der Waals surface area contributed by atoms with Gasteiger partial charge in [0.15, 0.2) is 5.78 Å². The lowest BCUT2D eigenvalue weighted by atomic mass is 9.87. The molecule has 2 aromatic rings. The first kappa shape index (κ1) is 17.0. The fourth-order valence-electron chi connectivity index (χ4n) is 2.96. The van der Waals surface area contributed by atoms with Crippen molar-refractivity contribution >= 4 is 5.78 Å². The fourth-order valence-corrected chi connectivity index (χ4v) is 2.96. The Labute approximate surface area is 146 Å². The molecule has 6 nitrogen and oxygen atoms in total. The molecule has 1 unspecified atom stereocenters. The molecule has 132 valence electrons. The average molecular weight is 344 g/mol. The second kappa shape index (κ2) is 6.93. The molecule has 25 heavy (non-hydrogen) atoms. The summed E-state index contributed by atoms with van der Waals surface area (Å²) in [5.41, 5.74) is 1.16. The van der Waals surface area contributed by atoms with Crippen LogP contribution < -0.4 is 23.7 Å². The van der Waals surface area contributed by atoms with E-state index < -0.39 is 5.92 Å². The molecule has 0 radical (unpaired) electrons. The zero-order valence-electron chi connectivity index (χ0n) is 14.6. The Morgan fingerprint density at radius 2 is 1.56 bits per heavy atom. The Morgan fingerprint density at radius 3 is 2.20 bits per heavy atom. The Kier molecular flexibility index (Phi) is 4.70. The molecule has 6 heteroatoms. The smallest absolute Gasteiger partial charge is 0.181 e. The highest BCUT2D eigenvalue weighted by Gasteiger charge is 2.35. The molecule has 1 aliphatic heterocycles. The van der Waals surface area contributed by atoms with Gasteiger partial charge in [0.05, 0.1) is 34.4 Å². The number of Topliss-reactive ketones (excluding diaryl/α,β-unsaturated/α-hetero) is 1. The van der Waals surface area contributed by atoms with Crippen LogP contribution in [0.5, 0.6) is 28.7 Å². The van der Waals surface area contributed by atoms with Crippen LogP contribution >= 0.6 is 0 Å². The highest BCUT2D eigenvalue weighted by molar-refractivity contribution is 6.07. The molecule has 1 heterocycles. The summed E-state index contributed by atoms with van der Waals surface area (Å²) in [4.78, 5) is 13.1. The summed E-state index contributed by atoms with van der Waals surface area (Å²) in [5, 5.41) is 0. The third-order valence-corrected chi connectivity index (χ3v) is 4.28. The summed E-state index contributed by atoms with van der Waals surface area (Å²) < 4.78 is 27.1. The Bertz CT molecular complexity index is 781. The lowest BCUT2D eigenvalue weighted by molar-refractivity contribution is 0.0889. The maximum Gasteiger partial charge on any atom is 0.181 e. The zero-order valence-corrected chi connectivity index (χ0v) is 14.6. The van der Waals surface area contributed by atoms with E-state index in [2.05, 4.69) is 0 Å². The lowest BCUT2D eigenvalue weighted by Gasteiger charge is -2.27. The quantitative estimate of drug-likeness (QED) is 0.831. The largest absolute Gasteiger partial charge is 0.497 e. The van der Waals surface area contributed by atoms with Gasteiger partial charge in [-0.15, -0.1) is 0 Å². The maximum atomic E-state index is 13.1. The van der Waals surface area contributed by atoms with E-state index in [1.165, 1.54) is 7.11 Å². The van der Waals surface area contributed by atoms with Crippen molar-refractivity contribution in [1.82, 2.24) is 0 Å². The minimum Gasteiger partial charge on any atom is -0.497 e. The number of methoxy groups -OCH3 is 4. The third kappa shape index (κ3) is 2.95. The van der Waals surface area contributed by atoms with E-state index in [9.17, 15) is 4.79 Å². The average Bonchev–Trinajstić information content (AvgIpc) is 2.66. The summed E-state index contributed by atoms with van der Waals surface area (Å²) >= 11 is 0. The molecular formula is C19H20O6. The number of fused-ring (bicyclic) bond motifs is 1. The Morgan fingerprint density at radius 1 is 0.880 bits per heavy atom. The van der Waals surface area contributed by atoms with Crippen molar-refractivity contribution in [2.24, 2.45) is 0 Å². The molecule has 0 saturated heterocycles. The SMILES string of the molecule is COc1ccc(C2COc3cc(OC)cc(OC)c3C2=O)c(OC)c1. The molecule has 0 fully saturated rings. The number of carbonyl (C=O) groups is 1. The van der Waals surface area contributed by atoms with Crippen LogP contribution in [0.15, 0.2) is 30.3 Å². The van der Waals surface area contributed by atoms with Crippen LogP contribution in [0.25, 0.3) is 0 Å². The standard InChI is InChI=1S/C19H20O6/c1-21-11-5-6-13(15(7-11)23-3)14-10-25-17-9-12(22-2)8-16(24-4)18(17)19(14)20/h5-9,14H,10H2,1-4H3. The Balaban J connectivity index is 2.05. The van der Waals surface area contributed by atoms with Gasteiger partial charge in [-0.25, -0.2) is 0 Å². The highest BCUT2D eigenvalue weighted by Crippen LogP contribution is 2.43. The fraction of sp³-hybridized carbons (Fsp3) is 0.316. The second-order valence-corrected chi connectivity index (χ2v) is 5.54. The first-order valence-electron chi connectivity index (χ1n) is 7.77. The van der Waals surface area contributed by atoms with E-state index in [4.69, 9.17) is 23.7 Å². The van der Waals surface area contributed by atoms with Gasteiger partial charge in [-0.3, -0.25) is 4.79 Å². The van der Waals surface area contributed by atoms with E-state index in [1.54, 1.807) is 45.6 Å². The lowest BCUT2D eigenvalue weighted by Crippen LogP contribution is -2.27. The number of benzene rings is 2. The number of hydrogen-bond donors (Lipinski definition) is 0. The van der Waals surface area contributed by atoms with Gasteiger partial charge in [0.25, 0.3) is 0 Å². The first-order chi connectivity index (χ1) is 12.1. The summed E-state index contributed by atoms with van der Waals surface area (Å²) in [6.07, 6.45) is 0. The predicted molar refractivity (Wildman–Crippen MR) is 91.7 cm³/mol. The van der Waals surface area contributed by atoms with Gasteiger partial charge in [-0.2, -0.15) is 0 Å². The summed E-state index contributed by atoms with van der Waals surface area (Å²) in [5.74, 6) is 2.13. The first-order valence-corrected chi connectivity index (χ1v) is 7.77. The molecule has 2 aromatic carbocycles. The summed E-state index contributed by atoms with van der Waals surface area (Å²) in [6.45, 7) is 0.213. The molecule has 0 spiro atoms. The van der Waals surface area contributed by atoms with Crippen molar-refractivity contribution in [3.05, 3.63) is 41.5 Å². The molecule has 0 saturated carbocycles. The van der Waals surface area contributed by atoms with Crippen molar-refractivity contribution in [2.45, 2.75) is 5.92 Å². The normalized spacial score (nSPS) is 15.8. The van der Waals surface area contributed by atoms with Crippen molar-refractivity contribution in [2.75, 3.05) is 35.0 Å². The monoisotopic (exact) mass is 344 g/mol. The van der Waals surface area contributed by atoms with Crippen LogP contribution in [0.4, 0.5) is 0 Å². The molecule has 0 amide bonds. The predicted octanol–water partition coefficient (Wildman–Crippen LogP) is 3.08. The van der Waals surface area contributed by atoms with Gasteiger partial charge in [0.2, 0.25) is 0 Å². The van der Waals surface area contributed by atoms with Crippen molar-refractivity contribution in [3.8, 4) is 28.7 Å². The molecule has 0 aliphatic carbocycles. The minimum absolute atomic E-state index is 0.0794. The van der Waals surface area contributed by atoms with Gasteiger partial charge < -0.3 is 23.7 Å². The van der Waals surface area contributed by atoms with Crippen LogP contribution in [0.3, 0.4) is 0 Å². The molecular weight excluding hydrogens is 324 g/mol. The van der Waals surface area contributed by atoms with Crippen LogP contribution in [0.1, 0.15) is 21.8 Å². The number of ether oxygens (including phenoxy) is 5. The Hall–Kier alpha value is -2.89.